The first-order valence-electron chi connectivity index (χ1n) is 5.30. The van der Waals surface area contributed by atoms with Gasteiger partial charge in [-0.1, -0.05) is 35.0 Å². The van der Waals surface area contributed by atoms with Gasteiger partial charge < -0.3 is 0 Å². The first kappa shape index (κ1) is 11.8. The van der Waals surface area contributed by atoms with Crippen molar-refractivity contribution in [3.05, 3.63) is 35.0 Å². The third-order valence-electron chi connectivity index (χ3n) is 2.45. The van der Waals surface area contributed by atoms with Gasteiger partial charge in [-0.05, 0) is 19.9 Å². The Kier molecular flexibility index (Phi) is 3.24. The first-order valence-corrected chi connectivity index (χ1v) is 5.68. The van der Waals surface area contributed by atoms with Crippen LogP contribution in [0.5, 0.6) is 0 Å². The van der Waals surface area contributed by atoms with Gasteiger partial charge in [0.15, 0.2) is 12.0 Å². The third-order valence-corrected chi connectivity index (χ3v) is 2.78. The van der Waals surface area contributed by atoms with Crippen molar-refractivity contribution in [2.75, 3.05) is 0 Å². The molecule has 5 heteroatoms. The summed E-state index contributed by atoms with van der Waals surface area (Å²) in [6, 6.07) is 7.46. The first-order chi connectivity index (χ1) is 8.15. The highest BCUT2D eigenvalue weighted by Crippen LogP contribution is 2.30. The zero-order valence-corrected chi connectivity index (χ0v) is 10.3. The van der Waals surface area contributed by atoms with E-state index in [4.69, 9.17) is 11.6 Å². The summed E-state index contributed by atoms with van der Waals surface area (Å²) >= 11 is 6.14. The van der Waals surface area contributed by atoms with Gasteiger partial charge in [0.25, 0.3) is 0 Å². The number of hydrogen-bond acceptors (Lipinski definition) is 3. The number of benzene rings is 1. The van der Waals surface area contributed by atoms with Gasteiger partial charge in [-0.3, -0.25) is 4.79 Å². The van der Waals surface area contributed by atoms with E-state index in [2.05, 4.69) is 10.3 Å². The minimum atomic E-state index is 0.113. The van der Waals surface area contributed by atoms with Crippen LogP contribution in [0, 0.1) is 0 Å². The summed E-state index contributed by atoms with van der Waals surface area (Å²) in [7, 11) is 0. The molecular formula is C12H12ClN3O. The fraction of sp³-hybridized carbons (Fsp3) is 0.250. The second-order valence-electron chi connectivity index (χ2n) is 3.96. The number of rotatable bonds is 3. The molecule has 0 unspecified atom stereocenters. The number of aromatic nitrogens is 3. The molecule has 1 aromatic heterocycles. The van der Waals surface area contributed by atoms with Crippen LogP contribution in [-0.2, 0) is 0 Å². The van der Waals surface area contributed by atoms with Gasteiger partial charge in [0, 0.05) is 11.6 Å². The molecule has 0 bridgehead atoms. The molecule has 2 rings (SSSR count). The van der Waals surface area contributed by atoms with Gasteiger partial charge in [-0.25, -0.2) is 4.68 Å². The average Bonchev–Trinajstić information content (AvgIpc) is 2.73. The van der Waals surface area contributed by atoms with Crippen molar-refractivity contribution in [1.29, 1.82) is 0 Å². The van der Waals surface area contributed by atoms with E-state index in [1.807, 2.05) is 32.0 Å². The van der Waals surface area contributed by atoms with Gasteiger partial charge in [0.1, 0.15) is 5.69 Å². The van der Waals surface area contributed by atoms with Gasteiger partial charge in [-0.2, -0.15) is 0 Å². The molecule has 0 atom stereocenters. The number of nitrogens with zero attached hydrogens (tertiary/aromatic N) is 3. The van der Waals surface area contributed by atoms with Crippen LogP contribution in [0.2, 0.25) is 5.02 Å². The van der Waals surface area contributed by atoms with Crippen molar-refractivity contribution in [2.24, 2.45) is 0 Å². The van der Waals surface area contributed by atoms with Crippen LogP contribution in [0.3, 0.4) is 0 Å². The molecule has 17 heavy (non-hydrogen) atoms. The van der Waals surface area contributed by atoms with E-state index in [1.54, 1.807) is 10.7 Å². The third kappa shape index (κ3) is 2.08. The number of carbonyl (C=O) groups excluding carboxylic acids is 1. The molecule has 2 aromatic rings. The van der Waals surface area contributed by atoms with Crippen molar-refractivity contribution >= 4 is 17.9 Å². The van der Waals surface area contributed by atoms with Crippen LogP contribution in [0.1, 0.15) is 30.4 Å². The molecule has 0 amide bonds. The largest absolute Gasteiger partial charge is 0.296 e. The number of aldehydes is 1. The SMILES string of the molecule is CC(C)n1nnc(C=O)c1-c1ccccc1Cl. The van der Waals surface area contributed by atoms with Gasteiger partial charge >= 0.3 is 0 Å². The fourth-order valence-corrected chi connectivity index (χ4v) is 1.89. The monoisotopic (exact) mass is 249 g/mol. The van der Waals surface area contributed by atoms with Gasteiger partial charge in [-0.15, -0.1) is 5.10 Å². The molecule has 0 radical (unpaired) electrons. The second kappa shape index (κ2) is 4.67. The topological polar surface area (TPSA) is 47.8 Å². The highest BCUT2D eigenvalue weighted by atomic mass is 35.5. The van der Waals surface area contributed by atoms with Crippen LogP contribution in [0.25, 0.3) is 11.3 Å². The van der Waals surface area contributed by atoms with E-state index in [9.17, 15) is 4.79 Å². The maximum atomic E-state index is 11.0. The minimum absolute atomic E-state index is 0.113. The highest BCUT2D eigenvalue weighted by molar-refractivity contribution is 6.33. The summed E-state index contributed by atoms with van der Waals surface area (Å²) in [4.78, 5) is 11.0. The van der Waals surface area contributed by atoms with Crippen LogP contribution in [0.15, 0.2) is 24.3 Å². The molecule has 0 aliphatic carbocycles. The lowest BCUT2D eigenvalue weighted by Gasteiger charge is -2.11. The average molecular weight is 250 g/mol. The van der Waals surface area contributed by atoms with Crippen LogP contribution < -0.4 is 0 Å². The highest BCUT2D eigenvalue weighted by Gasteiger charge is 2.18. The summed E-state index contributed by atoms with van der Waals surface area (Å²) in [6.07, 6.45) is 0.699. The Labute approximate surface area is 104 Å². The number of halogens is 1. The zero-order chi connectivity index (χ0) is 12.4. The van der Waals surface area contributed by atoms with Crippen LogP contribution in [-0.4, -0.2) is 21.3 Å². The Morgan fingerprint density at radius 1 is 1.35 bits per heavy atom. The van der Waals surface area contributed by atoms with Gasteiger partial charge in [0.05, 0.1) is 5.02 Å². The quantitative estimate of drug-likeness (QED) is 0.786. The van der Waals surface area contributed by atoms with Gasteiger partial charge in [0.2, 0.25) is 0 Å². The van der Waals surface area contributed by atoms with Crippen molar-refractivity contribution in [1.82, 2.24) is 15.0 Å². The molecule has 0 saturated carbocycles. The Morgan fingerprint density at radius 2 is 2.06 bits per heavy atom. The standard InChI is InChI=1S/C12H12ClN3O/c1-8(2)16-12(11(7-17)14-15-16)9-5-3-4-6-10(9)13/h3-8H,1-2H3. The maximum Gasteiger partial charge on any atom is 0.172 e. The lowest BCUT2D eigenvalue weighted by Crippen LogP contribution is -2.05. The maximum absolute atomic E-state index is 11.0. The normalized spacial score (nSPS) is 10.8. The van der Waals surface area contributed by atoms with Crippen LogP contribution in [0.4, 0.5) is 0 Å². The minimum Gasteiger partial charge on any atom is -0.296 e. The number of carbonyl (C=O) groups is 1. The fourth-order valence-electron chi connectivity index (χ4n) is 1.66. The Bertz CT molecular complexity index is 548. The lowest BCUT2D eigenvalue weighted by atomic mass is 10.1. The predicted octanol–water partition coefficient (Wildman–Crippen LogP) is 2.99. The summed E-state index contributed by atoms with van der Waals surface area (Å²) in [5.41, 5.74) is 1.75. The van der Waals surface area contributed by atoms with E-state index in [1.165, 1.54) is 0 Å². The molecule has 1 heterocycles. The van der Waals surface area contributed by atoms with Crippen molar-refractivity contribution in [3.8, 4) is 11.3 Å². The molecule has 4 nitrogen and oxygen atoms in total. The molecule has 0 fully saturated rings. The molecule has 0 saturated heterocycles. The van der Waals surface area contributed by atoms with Crippen LogP contribution >= 0.6 is 11.6 Å². The lowest BCUT2D eigenvalue weighted by molar-refractivity contribution is 0.111. The molecule has 88 valence electrons. The Balaban J connectivity index is 2.69. The summed E-state index contributed by atoms with van der Waals surface area (Å²) in [5.74, 6) is 0. The predicted molar refractivity (Wildman–Crippen MR) is 66.2 cm³/mol. The molecule has 0 N–H and O–H groups in total. The summed E-state index contributed by atoms with van der Waals surface area (Å²) in [5, 5.41) is 8.42. The Hall–Kier alpha value is -1.68. The molecule has 0 spiro atoms. The number of hydrogen-bond donors (Lipinski definition) is 0. The summed E-state index contributed by atoms with van der Waals surface area (Å²) in [6.45, 7) is 3.95. The van der Waals surface area contributed by atoms with Crippen molar-refractivity contribution in [3.63, 3.8) is 0 Å². The summed E-state index contributed by atoms with van der Waals surface area (Å²) < 4.78 is 1.70. The molecule has 0 aliphatic rings. The van der Waals surface area contributed by atoms with E-state index in [-0.39, 0.29) is 6.04 Å². The molecule has 0 aliphatic heterocycles. The molecular weight excluding hydrogens is 238 g/mol. The van der Waals surface area contributed by atoms with Crippen molar-refractivity contribution < 1.29 is 4.79 Å². The van der Waals surface area contributed by atoms with E-state index in [0.717, 1.165) is 5.56 Å². The Morgan fingerprint density at radius 3 is 2.65 bits per heavy atom. The van der Waals surface area contributed by atoms with E-state index < -0.39 is 0 Å². The van der Waals surface area contributed by atoms with Crippen molar-refractivity contribution in [2.45, 2.75) is 19.9 Å². The molecule has 1 aromatic carbocycles. The second-order valence-corrected chi connectivity index (χ2v) is 4.37. The smallest absolute Gasteiger partial charge is 0.172 e. The zero-order valence-electron chi connectivity index (χ0n) is 9.59. The van der Waals surface area contributed by atoms with E-state index >= 15 is 0 Å². The van der Waals surface area contributed by atoms with E-state index in [0.29, 0.717) is 22.7 Å².